The van der Waals surface area contributed by atoms with Gasteiger partial charge in [-0.1, -0.05) is 38.8 Å². The van der Waals surface area contributed by atoms with Crippen molar-refractivity contribution >= 4 is 17.5 Å². The van der Waals surface area contributed by atoms with Gasteiger partial charge in [-0.15, -0.1) is 11.8 Å². The quantitative estimate of drug-likeness (QED) is 0.575. The highest BCUT2D eigenvalue weighted by atomic mass is 32.2. The second-order valence-electron chi connectivity index (χ2n) is 4.48. The van der Waals surface area contributed by atoms with Crippen LogP contribution in [0.3, 0.4) is 0 Å². The SMILES string of the molecule is CCC(CC)CSc1cccc(C(=O)CCN)c1. The maximum Gasteiger partial charge on any atom is 0.164 e. The zero-order chi connectivity index (χ0) is 13.4. The largest absolute Gasteiger partial charge is 0.330 e. The van der Waals surface area contributed by atoms with Crippen molar-refractivity contribution in [2.24, 2.45) is 11.7 Å². The summed E-state index contributed by atoms with van der Waals surface area (Å²) >= 11 is 1.84. The van der Waals surface area contributed by atoms with Crippen LogP contribution in [0.15, 0.2) is 29.2 Å². The molecule has 1 aromatic rings. The number of nitrogens with two attached hydrogens (primary N) is 1. The highest BCUT2D eigenvalue weighted by Crippen LogP contribution is 2.24. The third-order valence-corrected chi connectivity index (χ3v) is 4.39. The second kappa shape index (κ2) is 8.33. The van der Waals surface area contributed by atoms with Crippen LogP contribution in [0, 0.1) is 5.92 Å². The summed E-state index contributed by atoms with van der Waals surface area (Å²) in [6, 6.07) is 7.90. The molecule has 1 aromatic carbocycles. The molecule has 0 bridgehead atoms. The van der Waals surface area contributed by atoms with Crippen LogP contribution in [0.25, 0.3) is 0 Å². The minimum Gasteiger partial charge on any atom is -0.330 e. The lowest BCUT2D eigenvalue weighted by Gasteiger charge is -2.11. The molecule has 0 aliphatic heterocycles. The fraction of sp³-hybridized carbons (Fsp3) is 0.533. The lowest BCUT2D eigenvalue weighted by atomic mass is 10.1. The number of rotatable bonds is 8. The monoisotopic (exact) mass is 265 g/mol. The Bertz CT molecular complexity index is 375. The molecule has 0 fully saturated rings. The van der Waals surface area contributed by atoms with Gasteiger partial charge in [-0.3, -0.25) is 4.79 Å². The third kappa shape index (κ3) is 4.83. The van der Waals surface area contributed by atoms with Gasteiger partial charge in [0.25, 0.3) is 0 Å². The standard InChI is InChI=1S/C15H23NOS/c1-3-12(4-2)11-18-14-7-5-6-13(10-14)15(17)8-9-16/h5-7,10,12H,3-4,8-9,11,16H2,1-2H3. The average molecular weight is 265 g/mol. The van der Waals surface area contributed by atoms with Gasteiger partial charge in [0.05, 0.1) is 0 Å². The molecule has 0 amide bonds. The van der Waals surface area contributed by atoms with Crippen molar-refractivity contribution in [3.05, 3.63) is 29.8 Å². The van der Waals surface area contributed by atoms with Crippen LogP contribution < -0.4 is 5.73 Å². The summed E-state index contributed by atoms with van der Waals surface area (Å²) in [5.41, 5.74) is 6.20. The summed E-state index contributed by atoms with van der Waals surface area (Å²) in [6.45, 7) is 4.88. The molecule has 100 valence electrons. The zero-order valence-electron chi connectivity index (χ0n) is 11.3. The molecule has 0 aliphatic carbocycles. The fourth-order valence-electron chi connectivity index (χ4n) is 1.77. The number of Topliss-reactive ketones (excluding diaryl/α,β-unsaturated/α-hetero) is 1. The molecule has 0 aliphatic rings. The summed E-state index contributed by atoms with van der Waals surface area (Å²) in [5.74, 6) is 2.03. The lowest BCUT2D eigenvalue weighted by Crippen LogP contribution is -2.08. The molecule has 0 heterocycles. The Morgan fingerprint density at radius 2 is 2.06 bits per heavy atom. The van der Waals surface area contributed by atoms with E-state index in [9.17, 15) is 4.79 Å². The Kier molecular flexibility index (Phi) is 7.06. The lowest BCUT2D eigenvalue weighted by molar-refractivity contribution is 0.0985. The third-order valence-electron chi connectivity index (χ3n) is 3.17. The van der Waals surface area contributed by atoms with E-state index in [0.29, 0.717) is 13.0 Å². The summed E-state index contributed by atoms with van der Waals surface area (Å²) < 4.78 is 0. The van der Waals surface area contributed by atoms with Crippen LogP contribution in [0.1, 0.15) is 43.5 Å². The van der Waals surface area contributed by atoms with Crippen molar-refractivity contribution < 1.29 is 4.79 Å². The van der Waals surface area contributed by atoms with Gasteiger partial charge in [-0.2, -0.15) is 0 Å². The van der Waals surface area contributed by atoms with Gasteiger partial charge in [-0.05, 0) is 24.6 Å². The average Bonchev–Trinajstić information content (AvgIpc) is 2.40. The maximum atomic E-state index is 11.8. The fourth-order valence-corrected chi connectivity index (χ4v) is 3.06. The van der Waals surface area contributed by atoms with Gasteiger partial charge in [0.2, 0.25) is 0 Å². The molecule has 1 rings (SSSR count). The van der Waals surface area contributed by atoms with Crippen LogP contribution in [0.4, 0.5) is 0 Å². The Labute approximate surface area is 114 Å². The molecule has 2 nitrogen and oxygen atoms in total. The van der Waals surface area contributed by atoms with Crippen molar-refractivity contribution in [2.45, 2.75) is 38.0 Å². The van der Waals surface area contributed by atoms with Gasteiger partial charge in [0.15, 0.2) is 5.78 Å². The first kappa shape index (κ1) is 15.3. The van der Waals surface area contributed by atoms with Crippen molar-refractivity contribution in [1.29, 1.82) is 0 Å². The summed E-state index contributed by atoms with van der Waals surface area (Å²) in [4.78, 5) is 12.9. The van der Waals surface area contributed by atoms with E-state index in [1.165, 1.54) is 17.7 Å². The molecule has 3 heteroatoms. The summed E-state index contributed by atoms with van der Waals surface area (Å²) in [5, 5.41) is 0. The summed E-state index contributed by atoms with van der Waals surface area (Å²) in [7, 11) is 0. The predicted molar refractivity (Wildman–Crippen MR) is 79.2 cm³/mol. The van der Waals surface area contributed by atoms with Gasteiger partial charge >= 0.3 is 0 Å². The topological polar surface area (TPSA) is 43.1 Å². The minimum absolute atomic E-state index is 0.141. The van der Waals surface area contributed by atoms with E-state index in [-0.39, 0.29) is 5.78 Å². The molecule has 0 saturated heterocycles. The van der Waals surface area contributed by atoms with E-state index in [0.717, 1.165) is 17.2 Å². The van der Waals surface area contributed by atoms with Gasteiger partial charge in [-0.25, -0.2) is 0 Å². The van der Waals surface area contributed by atoms with E-state index in [2.05, 4.69) is 19.9 Å². The number of ketones is 1. The Morgan fingerprint density at radius 1 is 1.33 bits per heavy atom. The number of hydrogen-bond donors (Lipinski definition) is 1. The molecular formula is C15H23NOS. The van der Waals surface area contributed by atoms with Crippen molar-refractivity contribution in [1.82, 2.24) is 0 Å². The number of carbonyl (C=O) groups excluding carboxylic acids is 1. The first-order valence-corrected chi connectivity index (χ1v) is 7.65. The number of benzene rings is 1. The highest BCUT2D eigenvalue weighted by Gasteiger charge is 2.07. The molecule has 0 saturated carbocycles. The first-order valence-electron chi connectivity index (χ1n) is 6.67. The smallest absolute Gasteiger partial charge is 0.164 e. The van der Waals surface area contributed by atoms with E-state index in [1.807, 2.05) is 30.0 Å². The van der Waals surface area contributed by atoms with E-state index in [1.54, 1.807) is 0 Å². The number of hydrogen-bond acceptors (Lipinski definition) is 3. The van der Waals surface area contributed by atoms with E-state index >= 15 is 0 Å². The molecule has 0 atom stereocenters. The van der Waals surface area contributed by atoms with Crippen molar-refractivity contribution in [3.8, 4) is 0 Å². The summed E-state index contributed by atoms with van der Waals surface area (Å²) in [6.07, 6.45) is 2.87. The molecular weight excluding hydrogens is 242 g/mol. The van der Waals surface area contributed by atoms with Crippen LogP contribution in [-0.2, 0) is 0 Å². The normalized spacial score (nSPS) is 10.9. The molecule has 2 N–H and O–H groups in total. The molecule has 0 spiro atoms. The Hall–Kier alpha value is -0.800. The number of carbonyl (C=O) groups is 1. The van der Waals surface area contributed by atoms with Gasteiger partial charge in [0, 0.05) is 22.6 Å². The van der Waals surface area contributed by atoms with Crippen molar-refractivity contribution in [2.75, 3.05) is 12.3 Å². The maximum absolute atomic E-state index is 11.8. The van der Waals surface area contributed by atoms with Gasteiger partial charge in [0.1, 0.15) is 0 Å². The van der Waals surface area contributed by atoms with E-state index < -0.39 is 0 Å². The molecule has 0 aromatic heterocycles. The second-order valence-corrected chi connectivity index (χ2v) is 5.58. The van der Waals surface area contributed by atoms with Crippen LogP contribution in [0.2, 0.25) is 0 Å². The Morgan fingerprint density at radius 3 is 2.67 bits per heavy atom. The van der Waals surface area contributed by atoms with Crippen LogP contribution >= 0.6 is 11.8 Å². The number of thioether (sulfide) groups is 1. The highest BCUT2D eigenvalue weighted by molar-refractivity contribution is 7.99. The van der Waals surface area contributed by atoms with Crippen LogP contribution in [-0.4, -0.2) is 18.1 Å². The molecule has 0 unspecified atom stereocenters. The van der Waals surface area contributed by atoms with Crippen molar-refractivity contribution in [3.63, 3.8) is 0 Å². The van der Waals surface area contributed by atoms with Crippen LogP contribution in [0.5, 0.6) is 0 Å². The first-order chi connectivity index (χ1) is 8.71. The van der Waals surface area contributed by atoms with E-state index in [4.69, 9.17) is 5.73 Å². The zero-order valence-corrected chi connectivity index (χ0v) is 12.1. The molecule has 18 heavy (non-hydrogen) atoms. The minimum atomic E-state index is 0.141. The predicted octanol–water partition coefficient (Wildman–Crippen LogP) is 3.75. The molecule has 0 radical (unpaired) electrons. The van der Waals surface area contributed by atoms with Gasteiger partial charge < -0.3 is 5.73 Å². The Balaban J connectivity index is 2.62.